The standard InChI is InChI=1S/C20H21NO2S/c1-14(2)20(18-8-5-11-24-18)21-19(22)13-23-17-10-9-15-6-3-4-7-16(15)12-17/h3-12,14,20H,13H2,1-2H3,(H,21,22). The van der Waals surface area contributed by atoms with Crippen LogP contribution in [-0.4, -0.2) is 12.5 Å². The number of hydrogen-bond acceptors (Lipinski definition) is 3. The van der Waals surface area contributed by atoms with Crippen LogP contribution >= 0.6 is 11.3 Å². The molecule has 1 unspecified atom stereocenters. The number of thiophene rings is 1. The highest BCUT2D eigenvalue weighted by atomic mass is 32.1. The minimum Gasteiger partial charge on any atom is -0.484 e. The average molecular weight is 339 g/mol. The van der Waals surface area contributed by atoms with Crippen molar-refractivity contribution in [3.63, 3.8) is 0 Å². The van der Waals surface area contributed by atoms with E-state index in [4.69, 9.17) is 4.74 Å². The van der Waals surface area contributed by atoms with Crippen LogP contribution in [0, 0.1) is 5.92 Å². The van der Waals surface area contributed by atoms with E-state index in [1.165, 1.54) is 4.88 Å². The topological polar surface area (TPSA) is 38.3 Å². The van der Waals surface area contributed by atoms with E-state index in [0.29, 0.717) is 11.7 Å². The summed E-state index contributed by atoms with van der Waals surface area (Å²) in [6.07, 6.45) is 0. The first kappa shape index (κ1) is 16.5. The number of carbonyl (C=O) groups is 1. The largest absolute Gasteiger partial charge is 0.484 e. The van der Waals surface area contributed by atoms with E-state index in [1.807, 2.05) is 47.8 Å². The molecule has 0 bridgehead atoms. The second-order valence-corrected chi connectivity index (χ2v) is 7.08. The smallest absolute Gasteiger partial charge is 0.258 e. The van der Waals surface area contributed by atoms with Crippen LogP contribution in [0.5, 0.6) is 5.75 Å². The molecule has 3 rings (SSSR count). The summed E-state index contributed by atoms with van der Waals surface area (Å²) < 4.78 is 5.67. The number of nitrogens with one attached hydrogen (secondary N) is 1. The monoisotopic (exact) mass is 339 g/mol. The van der Waals surface area contributed by atoms with E-state index in [9.17, 15) is 4.79 Å². The van der Waals surface area contributed by atoms with Gasteiger partial charge in [-0.25, -0.2) is 0 Å². The van der Waals surface area contributed by atoms with Crippen molar-refractivity contribution in [3.05, 3.63) is 64.9 Å². The summed E-state index contributed by atoms with van der Waals surface area (Å²) in [5.41, 5.74) is 0. The number of fused-ring (bicyclic) bond motifs is 1. The molecule has 0 aliphatic heterocycles. The van der Waals surface area contributed by atoms with E-state index in [0.717, 1.165) is 10.8 Å². The quantitative estimate of drug-likeness (QED) is 0.701. The van der Waals surface area contributed by atoms with Crippen molar-refractivity contribution < 1.29 is 9.53 Å². The first-order valence-corrected chi connectivity index (χ1v) is 8.96. The molecule has 4 heteroatoms. The van der Waals surface area contributed by atoms with Crippen molar-refractivity contribution in [2.45, 2.75) is 19.9 Å². The molecule has 0 aliphatic rings. The minimum atomic E-state index is -0.102. The van der Waals surface area contributed by atoms with E-state index in [-0.39, 0.29) is 18.6 Å². The van der Waals surface area contributed by atoms with Gasteiger partial charge in [0.1, 0.15) is 5.75 Å². The molecule has 0 fully saturated rings. The zero-order chi connectivity index (χ0) is 16.9. The molecule has 124 valence electrons. The van der Waals surface area contributed by atoms with Crippen LogP contribution < -0.4 is 10.1 Å². The lowest BCUT2D eigenvalue weighted by Crippen LogP contribution is -2.34. The van der Waals surface area contributed by atoms with Crippen LogP contribution in [0.15, 0.2) is 60.0 Å². The van der Waals surface area contributed by atoms with Gasteiger partial charge >= 0.3 is 0 Å². The number of hydrogen-bond donors (Lipinski definition) is 1. The molecule has 0 saturated carbocycles. The average Bonchev–Trinajstić information content (AvgIpc) is 3.11. The molecule has 1 N–H and O–H groups in total. The van der Waals surface area contributed by atoms with E-state index < -0.39 is 0 Å². The van der Waals surface area contributed by atoms with Gasteiger partial charge in [-0.2, -0.15) is 0 Å². The maximum Gasteiger partial charge on any atom is 0.258 e. The summed E-state index contributed by atoms with van der Waals surface area (Å²) in [7, 11) is 0. The number of benzene rings is 2. The molecule has 3 nitrogen and oxygen atoms in total. The van der Waals surface area contributed by atoms with Gasteiger partial charge in [0.15, 0.2) is 6.61 Å². The van der Waals surface area contributed by atoms with Crippen molar-refractivity contribution in [3.8, 4) is 5.75 Å². The Morgan fingerprint density at radius 1 is 1.08 bits per heavy atom. The van der Waals surface area contributed by atoms with Gasteiger partial charge in [0.25, 0.3) is 5.91 Å². The zero-order valence-electron chi connectivity index (χ0n) is 13.9. The second kappa shape index (κ2) is 7.49. The van der Waals surface area contributed by atoms with Crippen LogP contribution in [0.4, 0.5) is 0 Å². The highest BCUT2D eigenvalue weighted by molar-refractivity contribution is 7.10. The first-order chi connectivity index (χ1) is 11.6. The summed E-state index contributed by atoms with van der Waals surface area (Å²) in [4.78, 5) is 13.4. The molecule has 0 saturated heterocycles. The van der Waals surface area contributed by atoms with Crippen molar-refractivity contribution in [1.29, 1.82) is 0 Å². The Kier molecular flexibility index (Phi) is 5.16. The van der Waals surface area contributed by atoms with Crippen molar-refractivity contribution in [2.24, 2.45) is 5.92 Å². The first-order valence-electron chi connectivity index (χ1n) is 8.08. The SMILES string of the molecule is CC(C)C(NC(=O)COc1ccc2ccccc2c1)c1cccs1. The van der Waals surface area contributed by atoms with Gasteiger partial charge in [0.2, 0.25) is 0 Å². The maximum absolute atomic E-state index is 12.3. The van der Waals surface area contributed by atoms with Gasteiger partial charge in [0, 0.05) is 4.88 Å². The van der Waals surface area contributed by atoms with Crippen molar-refractivity contribution >= 4 is 28.0 Å². The molecule has 1 aromatic heterocycles. The summed E-state index contributed by atoms with van der Waals surface area (Å²) in [6, 6.07) is 18.0. The Morgan fingerprint density at radius 3 is 2.58 bits per heavy atom. The third-order valence-corrected chi connectivity index (χ3v) is 4.88. The highest BCUT2D eigenvalue weighted by Crippen LogP contribution is 2.26. The molecule has 2 aromatic carbocycles. The van der Waals surface area contributed by atoms with Crippen molar-refractivity contribution in [2.75, 3.05) is 6.61 Å². The Morgan fingerprint density at radius 2 is 1.88 bits per heavy atom. The Bertz CT molecular complexity index is 811. The van der Waals surface area contributed by atoms with Crippen LogP contribution in [0.3, 0.4) is 0 Å². The maximum atomic E-state index is 12.3. The fraction of sp³-hybridized carbons (Fsp3) is 0.250. The van der Waals surface area contributed by atoms with Crippen molar-refractivity contribution in [1.82, 2.24) is 5.32 Å². The molecule has 3 aromatic rings. The molecule has 1 heterocycles. The van der Waals surface area contributed by atoms with Gasteiger partial charge in [0.05, 0.1) is 6.04 Å². The van der Waals surface area contributed by atoms with Crippen LogP contribution in [-0.2, 0) is 4.79 Å². The number of amides is 1. The zero-order valence-corrected chi connectivity index (χ0v) is 14.7. The summed E-state index contributed by atoms with van der Waals surface area (Å²) in [6.45, 7) is 4.23. The fourth-order valence-corrected chi connectivity index (χ4v) is 3.60. The Balaban J connectivity index is 1.61. The molecular formula is C20H21NO2S. The lowest BCUT2D eigenvalue weighted by atomic mass is 10.0. The predicted molar refractivity (Wildman–Crippen MR) is 99.5 cm³/mol. The number of carbonyl (C=O) groups excluding carboxylic acids is 1. The summed E-state index contributed by atoms with van der Waals surface area (Å²) in [5, 5.41) is 7.37. The van der Waals surface area contributed by atoms with Gasteiger partial charge in [-0.1, -0.05) is 50.2 Å². The van der Waals surface area contributed by atoms with Gasteiger partial charge in [-0.3, -0.25) is 4.79 Å². The number of ether oxygens (including phenoxy) is 1. The molecular weight excluding hydrogens is 318 g/mol. The van der Waals surface area contributed by atoms with Crippen LogP contribution in [0.2, 0.25) is 0 Å². The minimum absolute atomic E-state index is 0.0208. The highest BCUT2D eigenvalue weighted by Gasteiger charge is 2.19. The normalized spacial score (nSPS) is 12.3. The third kappa shape index (κ3) is 3.95. The van der Waals surface area contributed by atoms with Gasteiger partial charge < -0.3 is 10.1 Å². The molecule has 1 amide bonds. The molecule has 0 spiro atoms. The number of rotatable bonds is 6. The van der Waals surface area contributed by atoms with Crippen LogP contribution in [0.1, 0.15) is 24.8 Å². The Hall–Kier alpha value is -2.33. The molecule has 0 aliphatic carbocycles. The third-order valence-electron chi connectivity index (χ3n) is 3.92. The van der Waals surface area contributed by atoms with Gasteiger partial charge in [-0.15, -0.1) is 11.3 Å². The lowest BCUT2D eigenvalue weighted by molar-refractivity contribution is -0.124. The molecule has 0 radical (unpaired) electrons. The molecule has 1 atom stereocenters. The summed E-state index contributed by atoms with van der Waals surface area (Å²) in [5.74, 6) is 0.935. The fourth-order valence-electron chi connectivity index (χ4n) is 2.66. The van der Waals surface area contributed by atoms with E-state index in [1.54, 1.807) is 11.3 Å². The summed E-state index contributed by atoms with van der Waals surface area (Å²) >= 11 is 1.66. The van der Waals surface area contributed by atoms with E-state index in [2.05, 4.69) is 31.3 Å². The predicted octanol–water partition coefficient (Wildman–Crippen LogP) is 4.79. The molecule has 24 heavy (non-hydrogen) atoms. The lowest BCUT2D eigenvalue weighted by Gasteiger charge is -2.21. The second-order valence-electron chi connectivity index (χ2n) is 6.10. The Labute approximate surface area is 146 Å². The van der Waals surface area contributed by atoms with Gasteiger partial charge in [-0.05, 0) is 40.3 Å². The van der Waals surface area contributed by atoms with Crippen LogP contribution in [0.25, 0.3) is 10.8 Å². The van der Waals surface area contributed by atoms with E-state index >= 15 is 0 Å².